The lowest BCUT2D eigenvalue weighted by atomic mass is 9.78. The molecular formula is C43H31NO. The highest BCUT2D eigenvalue weighted by Crippen LogP contribution is 2.53. The number of rotatable bonds is 1. The van der Waals surface area contributed by atoms with Crippen molar-refractivity contribution < 1.29 is 4.79 Å². The van der Waals surface area contributed by atoms with Gasteiger partial charge in [-0.3, -0.25) is 4.79 Å². The van der Waals surface area contributed by atoms with Gasteiger partial charge in [0.2, 0.25) is 0 Å². The van der Waals surface area contributed by atoms with E-state index in [9.17, 15) is 4.79 Å². The minimum Gasteiger partial charge on any atom is -0.309 e. The maximum absolute atomic E-state index is 13.4. The van der Waals surface area contributed by atoms with Crippen LogP contribution in [0.15, 0.2) is 115 Å². The van der Waals surface area contributed by atoms with Crippen LogP contribution in [0.5, 0.6) is 0 Å². The number of carbonyl (C=O) groups excluding carboxylic acids is 1. The average molecular weight is 578 g/mol. The summed E-state index contributed by atoms with van der Waals surface area (Å²) in [5.41, 5.74) is 18.6. The van der Waals surface area contributed by atoms with Crippen LogP contribution in [-0.2, 0) is 24.7 Å². The first kappa shape index (κ1) is 25.2. The van der Waals surface area contributed by atoms with Gasteiger partial charge >= 0.3 is 0 Å². The lowest BCUT2D eigenvalue weighted by molar-refractivity contribution is 0.103. The van der Waals surface area contributed by atoms with Gasteiger partial charge in [0.25, 0.3) is 0 Å². The molecule has 0 unspecified atom stereocenters. The Labute approximate surface area is 262 Å². The van der Waals surface area contributed by atoms with E-state index in [1.54, 1.807) is 0 Å². The van der Waals surface area contributed by atoms with Gasteiger partial charge in [-0.2, -0.15) is 0 Å². The van der Waals surface area contributed by atoms with Crippen LogP contribution in [0.25, 0.3) is 38.6 Å². The molecule has 0 N–H and O–H groups in total. The van der Waals surface area contributed by atoms with E-state index in [0.717, 1.165) is 41.5 Å². The number of hydrogen-bond donors (Lipinski definition) is 0. The molecule has 0 saturated heterocycles. The van der Waals surface area contributed by atoms with Crippen molar-refractivity contribution in [3.63, 3.8) is 0 Å². The Morgan fingerprint density at radius 1 is 0.533 bits per heavy atom. The molecule has 0 bridgehead atoms. The molecule has 0 spiro atoms. The molecule has 6 aromatic carbocycles. The maximum atomic E-state index is 13.4. The van der Waals surface area contributed by atoms with E-state index in [1.165, 1.54) is 72.0 Å². The van der Waals surface area contributed by atoms with Gasteiger partial charge in [0.15, 0.2) is 5.78 Å². The number of benzene rings is 6. The molecule has 45 heavy (non-hydrogen) atoms. The lowest BCUT2D eigenvalue weighted by Crippen LogP contribution is -2.18. The zero-order valence-corrected chi connectivity index (χ0v) is 25.4. The zero-order valence-electron chi connectivity index (χ0n) is 25.4. The fourth-order valence-corrected chi connectivity index (χ4v) is 8.78. The Bertz CT molecular complexity index is 2450. The summed E-state index contributed by atoms with van der Waals surface area (Å²) in [6, 6.07) is 42.1. The SMILES string of the molecule is CC1(C)c2ccccc2-c2ccc3c(c21)c1ccccc1n3-c1ccc2c(c1)Cc1cc3c(cc1C2)C(=O)c1ccccc1C3. The zero-order chi connectivity index (χ0) is 30.0. The van der Waals surface area contributed by atoms with Crippen molar-refractivity contribution in [3.8, 4) is 16.8 Å². The van der Waals surface area contributed by atoms with Crippen molar-refractivity contribution in [2.75, 3.05) is 0 Å². The minimum atomic E-state index is -0.0824. The molecule has 1 heterocycles. The lowest BCUT2D eigenvalue weighted by Gasteiger charge is -2.25. The molecule has 1 aromatic heterocycles. The highest BCUT2D eigenvalue weighted by atomic mass is 16.1. The van der Waals surface area contributed by atoms with Gasteiger partial charge in [-0.1, -0.05) is 98.8 Å². The van der Waals surface area contributed by atoms with Crippen molar-refractivity contribution in [1.82, 2.24) is 4.57 Å². The summed E-state index contributed by atoms with van der Waals surface area (Å²) in [5, 5.41) is 2.67. The predicted molar refractivity (Wildman–Crippen MR) is 183 cm³/mol. The summed E-state index contributed by atoms with van der Waals surface area (Å²) < 4.78 is 2.47. The summed E-state index contributed by atoms with van der Waals surface area (Å²) in [5.74, 6) is 0.167. The van der Waals surface area contributed by atoms with Crippen LogP contribution in [0.3, 0.4) is 0 Å². The molecule has 0 saturated carbocycles. The van der Waals surface area contributed by atoms with E-state index in [-0.39, 0.29) is 11.2 Å². The maximum Gasteiger partial charge on any atom is 0.193 e. The molecule has 2 nitrogen and oxygen atoms in total. The van der Waals surface area contributed by atoms with E-state index in [1.807, 2.05) is 18.2 Å². The molecule has 0 aliphatic heterocycles. The third-order valence-corrected chi connectivity index (χ3v) is 10.9. The largest absolute Gasteiger partial charge is 0.309 e. The smallest absolute Gasteiger partial charge is 0.193 e. The van der Waals surface area contributed by atoms with Gasteiger partial charge in [0, 0.05) is 33.0 Å². The van der Waals surface area contributed by atoms with Crippen LogP contribution in [0.1, 0.15) is 74.3 Å². The normalized spacial score (nSPS) is 15.3. The van der Waals surface area contributed by atoms with Gasteiger partial charge in [-0.05, 0) is 105 Å². The topological polar surface area (TPSA) is 22.0 Å². The summed E-state index contributed by atoms with van der Waals surface area (Å²) in [7, 11) is 0. The number of aromatic nitrogens is 1. The molecular weight excluding hydrogens is 546 g/mol. The molecule has 0 amide bonds. The third kappa shape index (κ3) is 3.32. The van der Waals surface area contributed by atoms with E-state index < -0.39 is 0 Å². The number of ketones is 1. The fourth-order valence-electron chi connectivity index (χ4n) is 8.78. The third-order valence-electron chi connectivity index (χ3n) is 10.9. The Kier molecular flexibility index (Phi) is 4.86. The number of carbonyl (C=O) groups is 1. The fraction of sp³-hybridized carbons (Fsp3) is 0.140. The second-order valence-corrected chi connectivity index (χ2v) is 13.7. The first-order valence-corrected chi connectivity index (χ1v) is 16.0. The number of para-hydroxylation sites is 1. The minimum absolute atomic E-state index is 0.0824. The predicted octanol–water partition coefficient (Wildman–Crippen LogP) is 9.72. The van der Waals surface area contributed by atoms with E-state index >= 15 is 0 Å². The first-order valence-electron chi connectivity index (χ1n) is 16.0. The second-order valence-electron chi connectivity index (χ2n) is 13.7. The molecule has 10 rings (SSSR count). The average Bonchev–Trinajstić information content (AvgIpc) is 3.52. The monoisotopic (exact) mass is 577 g/mol. The molecule has 7 aromatic rings. The van der Waals surface area contributed by atoms with Crippen molar-refractivity contribution in [1.29, 1.82) is 0 Å². The van der Waals surface area contributed by atoms with Crippen molar-refractivity contribution in [2.24, 2.45) is 0 Å². The van der Waals surface area contributed by atoms with Crippen LogP contribution < -0.4 is 0 Å². The van der Waals surface area contributed by atoms with Crippen molar-refractivity contribution >= 4 is 27.6 Å². The molecule has 0 radical (unpaired) electrons. The highest BCUT2D eigenvalue weighted by molar-refractivity contribution is 6.14. The standard InChI is InChI=1S/C43H31NO/c1-43(2)37-13-7-5-11-33(37)34-17-18-39-40(41(34)43)35-12-6-8-14-38(35)44(39)31-16-15-25-19-29-24-36-30(22-27(29)21-28(25)23-31)20-26-9-3-4-10-32(26)42(36)45/h3-18,22-24H,19-21H2,1-2H3. The quantitative estimate of drug-likeness (QED) is 0.190. The summed E-state index contributed by atoms with van der Waals surface area (Å²) in [4.78, 5) is 13.4. The number of fused-ring (bicyclic) bond motifs is 11. The molecule has 3 aliphatic carbocycles. The summed E-state index contributed by atoms with van der Waals surface area (Å²) >= 11 is 0. The van der Waals surface area contributed by atoms with Crippen LogP contribution in [-0.4, -0.2) is 10.4 Å². The van der Waals surface area contributed by atoms with E-state index in [4.69, 9.17) is 0 Å². The summed E-state index contributed by atoms with van der Waals surface area (Å²) in [6.45, 7) is 4.76. The molecule has 0 fully saturated rings. The van der Waals surface area contributed by atoms with Crippen LogP contribution in [0, 0.1) is 0 Å². The van der Waals surface area contributed by atoms with Crippen molar-refractivity contribution in [3.05, 3.63) is 171 Å². The summed E-state index contributed by atoms with van der Waals surface area (Å²) in [6.07, 6.45) is 2.57. The van der Waals surface area contributed by atoms with Gasteiger partial charge in [-0.15, -0.1) is 0 Å². The second kappa shape index (κ2) is 8.70. The van der Waals surface area contributed by atoms with E-state index in [2.05, 4.69) is 115 Å². The Morgan fingerprint density at radius 2 is 1.24 bits per heavy atom. The molecule has 3 aliphatic rings. The molecule has 2 heteroatoms. The van der Waals surface area contributed by atoms with Gasteiger partial charge in [0.05, 0.1) is 11.0 Å². The highest BCUT2D eigenvalue weighted by Gasteiger charge is 2.38. The first-order chi connectivity index (χ1) is 22.0. The number of nitrogens with zero attached hydrogens (tertiary/aromatic N) is 1. The molecule has 0 atom stereocenters. The van der Waals surface area contributed by atoms with Gasteiger partial charge in [0.1, 0.15) is 0 Å². The van der Waals surface area contributed by atoms with Crippen LogP contribution in [0.2, 0.25) is 0 Å². The molecule has 214 valence electrons. The van der Waals surface area contributed by atoms with Crippen molar-refractivity contribution in [2.45, 2.75) is 38.5 Å². The number of hydrogen-bond acceptors (Lipinski definition) is 1. The Morgan fingerprint density at radius 3 is 2.16 bits per heavy atom. The van der Waals surface area contributed by atoms with Crippen LogP contribution >= 0.6 is 0 Å². The Balaban J connectivity index is 1.12. The van der Waals surface area contributed by atoms with Gasteiger partial charge < -0.3 is 4.57 Å². The Hall–Kier alpha value is -5.21. The van der Waals surface area contributed by atoms with Crippen LogP contribution in [0.4, 0.5) is 0 Å². The van der Waals surface area contributed by atoms with E-state index in [0.29, 0.717) is 0 Å². The van der Waals surface area contributed by atoms with Gasteiger partial charge in [-0.25, -0.2) is 0 Å².